The number of rotatable bonds is 6. The monoisotopic (exact) mass is 463 g/mol. The molecular weight excluding hydrogens is 437 g/mol. The highest BCUT2D eigenvalue weighted by atomic mass is 127. The van der Waals surface area contributed by atoms with Crippen LogP contribution in [0.5, 0.6) is 0 Å². The van der Waals surface area contributed by atoms with E-state index in [1.165, 1.54) is 11.3 Å². The maximum absolute atomic E-state index is 4.70. The van der Waals surface area contributed by atoms with Gasteiger partial charge in [-0.25, -0.2) is 4.99 Å². The first kappa shape index (κ1) is 20.2. The summed E-state index contributed by atoms with van der Waals surface area (Å²) in [7, 11) is 0. The van der Waals surface area contributed by atoms with Crippen molar-refractivity contribution in [1.29, 1.82) is 0 Å². The number of nitrogens with zero attached hydrogens (tertiary/aromatic N) is 3. The van der Waals surface area contributed by atoms with E-state index >= 15 is 0 Å². The summed E-state index contributed by atoms with van der Waals surface area (Å²) in [5.41, 5.74) is 3.46. The Bertz CT molecular complexity index is 722. The van der Waals surface area contributed by atoms with Crippen molar-refractivity contribution in [2.75, 3.05) is 24.5 Å². The van der Waals surface area contributed by atoms with E-state index in [1.807, 2.05) is 18.2 Å². The average molecular weight is 463 g/mol. The topological polar surface area (TPSA) is 52.6 Å². The Hall–Kier alpha value is -2.09. The molecule has 0 bridgehead atoms. The van der Waals surface area contributed by atoms with Crippen molar-refractivity contribution in [2.24, 2.45) is 4.99 Å². The summed E-state index contributed by atoms with van der Waals surface area (Å²) in [6.07, 6.45) is 6.21. The smallest absolute Gasteiger partial charge is 0.191 e. The molecule has 0 radical (unpaired) electrons. The van der Waals surface area contributed by atoms with Crippen molar-refractivity contribution in [2.45, 2.75) is 20.0 Å². The highest BCUT2D eigenvalue weighted by Gasteiger charge is 2.07. The Morgan fingerprint density at radius 2 is 1.96 bits per heavy atom. The standard InChI is InChI=1S/C20H25N5.HI/c1-2-21-20(24-16-18-9-3-4-11-22-18)23-15-17-8-7-10-19(14-17)25-12-5-6-13-25;/h3-11,14H,2,12-13,15-16H2,1H3,(H2,21,23,24);1H. The molecule has 0 fully saturated rings. The number of guanidine groups is 1. The minimum absolute atomic E-state index is 0. The Labute approximate surface area is 172 Å². The number of halogens is 1. The van der Waals surface area contributed by atoms with Gasteiger partial charge in [-0.2, -0.15) is 0 Å². The third kappa shape index (κ3) is 6.01. The van der Waals surface area contributed by atoms with Gasteiger partial charge in [-0.1, -0.05) is 30.4 Å². The molecule has 0 unspecified atom stereocenters. The van der Waals surface area contributed by atoms with Gasteiger partial charge in [0.05, 0.1) is 18.8 Å². The van der Waals surface area contributed by atoms with E-state index in [0.717, 1.165) is 31.3 Å². The molecule has 0 amide bonds. The molecule has 3 rings (SSSR count). The summed E-state index contributed by atoms with van der Waals surface area (Å²) in [6.45, 7) is 6.17. The molecule has 2 aromatic rings. The van der Waals surface area contributed by atoms with Gasteiger partial charge in [0.1, 0.15) is 0 Å². The van der Waals surface area contributed by atoms with Crippen LogP contribution in [0.1, 0.15) is 18.2 Å². The van der Waals surface area contributed by atoms with E-state index in [2.05, 4.69) is 63.9 Å². The normalized spacial score (nSPS) is 13.4. The van der Waals surface area contributed by atoms with Crippen LogP contribution in [0.15, 0.2) is 65.8 Å². The molecule has 0 aliphatic carbocycles. The molecule has 1 aromatic carbocycles. The maximum atomic E-state index is 4.70. The second kappa shape index (κ2) is 10.8. The van der Waals surface area contributed by atoms with Gasteiger partial charge < -0.3 is 15.5 Å². The first-order chi connectivity index (χ1) is 12.3. The van der Waals surface area contributed by atoms with Gasteiger partial charge in [-0.15, -0.1) is 24.0 Å². The lowest BCUT2D eigenvalue weighted by atomic mass is 10.2. The van der Waals surface area contributed by atoms with E-state index < -0.39 is 0 Å². The van der Waals surface area contributed by atoms with Crippen LogP contribution in [0, 0.1) is 0 Å². The highest BCUT2D eigenvalue weighted by molar-refractivity contribution is 14.0. The van der Waals surface area contributed by atoms with Crippen molar-refractivity contribution < 1.29 is 0 Å². The summed E-state index contributed by atoms with van der Waals surface area (Å²) in [5, 5.41) is 6.62. The van der Waals surface area contributed by atoms with Crippen molar-refractivity contribution in [3.8, 4) is 0 Å². The van der Waals surface area contributed by atoms with E-state index in [0.29, 0.717) is 13.1 Å². The summed E-state index contributed by atoms with van der Waals surface area (Å²) in [4.78, 5) is 11.4. The van der Waals surface area contributed by atoms with Crippen LogP contribution in [0.25, 0.3) is 0 Å². The number of hydrogen-bond acceptors (Lipinski definition) is 3. The molecule has 2 heterocycles. The van der Waals surface area contributed by atoms with Gasteiger partial charge in [0, 0.05) is 31.5 Å². The van der Waals surface area contributed by atoms with Crippen LogP contribution in [0.4, 0.5) is 5.69 Å². The largest absolute Gasteiger partial charge is 0.364 e. The molecule has 2 N–H and O–H groups in total. The molecule has 6 heteroatoms. The summed E-state index contributed by atoms with van der Waals surface area (Å²) >= 11 is 0. The van der Waals surface area contributed by atoms with Crippen LogP contribution < -0.4 is 15.5 Å². The molecule has 26 heavy (non-hydrogen) atoms. The SMILES string of the molecule is CCNC(=NCc1cccc(N2CC=CC2)c1)NCc1ccccn1.I. The lowest BCUT2D eigenvalue weighted by Crippen LogP contribution is -2.37. The number of aliphatic imine (C=N–C) groups is 1. The molecule has 138 valence electrons. The fourth-order valence-corrected chi connectivity index (χ4v) is 2.73. The summed E-state index contributed by atoms with van der Waals surface area (Å²) in [6, 6.07) is 14.5. The zero-order valence-corrected chi connectivity index (χ0v) is 17.4. The first-order valence-electron chi connectivity index (χ1n) is 8.76. The zero-order chi connectivity index (χ0) is 17.3. The predicted molar refractivity (Wildman–Crippen MR) is 119 cm³/mol. The van der Waals surface area contributed by atoms with Crippen LogP contribution >= 0.6 is 24.0 Å². The lowest BCUT2D eigenvalue weighted by Gasteiger charge is -2.18. The number of hydrogen-bond donors (Lipinski definition) is 2. The minimum Gasteiger partial charge on any atom is -0.364 e. The maximum Gasteiger partial charge on any atom is 0.191 e. The third-order valence-electron chi connectivity index (χ3n) is 4.02. The minimum atomic E-state index is 0. The van der Waals surface area contributed by atoms with E-state index in [9.17, 15) is 0 Å². The molecule has 1 aliphatic heterocycles. The molecular formula is C20H26IN5. The van der Waals surface area contributed by atoms with Gasteiger partial charge in [0.25, 0.3) is 0 Å². The lowest BCUT2D eigenvalue weighted by molar-refractivity contribution is 0.799. The number of aromatic nitrogens is 1. The quantitative estimate of drug-likeness (QED) is 0.299. The first-order valence-corrected chi connectivity index (χ1v) is 8.76. The molecule has 0 atom stereocenters. The molecule has 0 spiro atoms. The number of pyridine rings is 1. The van der Waals surface area contributed by atoms with Crippen molar-refractivity contribution in [1.82, 2.24) is 15.6 Å². The van der Waals surface area contributed by atoms with Crippen LogP contribution in [0.3, 0.4) is 0 Å². The van der Waals surface area contributed by atoms with Crippen LogP contribution in [-0.2, 0) is 13.1 Å². The van der Waals surface area contributed by atoms with E-state index in [1.54, 1.807) is 6.20 Å². The average Bonchev–Trinajstić information content (AvgIpc) is 3.20. The van der Waals surface area contributed by atoms with E-state index in [4.69, 9.17) is 4.99 Å². The van der Waals surface area contributed by atoms with Crippen molar-refractivity contribution >= 4 is 35.6 Å². The van der Waals surface area contributed by atoms with Crippen molar-refractivity contribution in [3.63, 3.8) is 0 Å². The number of nitrogens with one attached hydrogen (secondary N) is 2. The van der Waals surface area contributed by atoms with Crippen LogP contribution in [0.2, 0.25) is 0 Å². The fraction of sp³-hybridized carbons (Fsp3) is 0.300. The highest BCUT2D eigenvalue weighted by Crippen LogP contribution is 2.18. The second-order valence-corrected chi connectivity index (χ2v) is 5.92. The Balaban J connectivity index is 0.00000243. The summed E-state index contributed by atoms with van der Waals surface area (Å²) in [5.74, 6) is 0.807. The Morgan fingerprint density at radius 3 is 2.69 bits per heavy atom. The molecule has 5 nitrogen and oxygen atoms in total. The van der Waals surface area contributed by atoms with Gasteiger partial charge in [-0.05, 0) is 36.8 Å². The molecule has 0 saturated carbocycles. The van der Waals surface area contributed by atoms with E-state index in [-0.39, 0.29) is 24.0 Å². The molecule has 0 saturated heterocycles. The Kier molecular flexibility index (Phi) is 8.40. The predicted octanol–water partition coefficient (Wildman–Crippen LogP) is 3.33. The molecule has 1 aliphatic rings. The second-order valence-electron chi connectivity index (χ2n) is 5.92. The van der Waals surface area contributed by atoms with Gasteiger partial charge >= 0.3 is 0 Å². The number of benzene rings is 1. The summed E-state index contributed by atoms with van der Waals surface area (Å²) < 4.78 is 0. The van der Waals surface area contributed by atoms with Gasteiger partial charge in [-0.3, -0.25) is 4.98 Å². The molecule has 1 aromatic heterocycles. The number of anilines is 1. The van der Waals surface area contributed by atoms with Crippen LogP contribution in [-0.4, -0.2) is 30.6 Å². The third-order valence-corrected chi connectivity index (χ3v) is 4.02. The fourth-order valence-electron chi connectivity index (χ4n) is 2.73. The zero-order valence-electron chi connectivity index (χ0n) is 15.1. The Morgan fingerprint density at radius 1 is 1.12 bits per heavy atom. The van der Waals surface area contributed by atoms with Gasteiger partial charge in [0.15, 0.2) is 5.96 Å². The van der Waals surface area contributed by atoms with Gasteiger partial charge in [0.2, 0.25) is 0 Å². The van der Waals surface area contributed by atoms with Crippen molar-refractivity contribution in [3.05, 3.63) is 72.1 Å².